The van der Waals surface area contributed by atoms with Crippen LogP contribution in [-0.2, 0) is 16.0 Å². The Morgan fingerprint density at radius 3 is 2.75 bits per heavy atom. The number of nitrogens with one attached hydrogen (secondary N) is 1. The molecule has 2 amide bonds. The van der Waals surface area contributed by atoms with Crippen molar-refractivity contribution in [2.45, 2.75) is 25.7 Å². The largest absolute Gasteiger partial charge is 0.493 e. The van der Waals surface area contributed by atoms with Gasteiger partial charge in [0.25, 0.3) is 5.91 Å². The summed E-state index contributed by atoms with van der Waals surface area (Å²) in [5.41, 5.74) is 8.57. The predicted molar refractivity (Wildman–Crippen MR) is 106 cm³/mol. The molecule has 1 aliphatic rings. The normalized spacial score (nSPS) is 19.0. The molecule has 2 aromatic rings. The minimum absolute atomic E-state index is 0.0855. The molecule has 1 aliphatic heterocycles. The third-order valence-electron chi connectivity index (χ3n) is 5.06. The van der Waals surface area contributed by atoms with Crippen LogP contribution in [0.25, 0.3) is 0 Å². The van der Waals surface area contributed by atoms with Crippen LogP contribution in [0.1, 0.15) is 29.0 Å². The predicted octanol–water partition coefficient (Wildman–Crippen LogP) is 2.33. The highest BCUT2D eigenvalue weighted by Crippen LogP contribution is 2.35. The number of carbonyl (C=O) groups excluding carboxylic acids is 2. The molecule has 3 N–H and O–H groups in total. The third kappa shape index (κ3) is 4.82. The summed E-state index contributed by atoms with van der Waals surface area (Å²) >= 11 is 0. The van der Waals surface area contributed by atoms with Crippen LogP contribution in [-0.4, -0.2) is 32.1 Å². The van der Waals surface area contributed by atoms with E-state index in [1.807, 2.05) is 24.3 Å². The Morgan fingerprint density at radius 2 is 2.04 bits per heavy atom. The van der Waals surface area contributed by atoms with Crippen LogP contribution >= 0.6 is 0 Å². The van der Waals surface area contributed by atoms with Crippen LogP contribution in [0.5, 0.6) is 11.5 Å². The van der Waals surface area contributed by atoms with Crippen molar-refractivity contribution in [3.05, 3.63) is 59.2 Å². The first-order chi connectivity index (χ1) is 13.5. The van der Waals surface area contributed by atoms with E-state index < -0.39 is 5.91 Å². The number of carbonyl (C=O) groups is 2. The zero-order valence-electron chi connectivity index (χ0n) is 16.2. The van der Waals surface area contributed by atoms with Crippen molar-refractivity contribution < 1.29 is 19.1 Å². The van der Waals surface area contributed by atoms with Crippen molar-refractivity contribution in [3.8, 4) is 11.5 Å². The summed E-state index contributed by atoms with van der Waals surface area (Å²) in [7, 11) is 1.55. The summed E-state index contributed by atoms with van der Waals surface area (Å²) in [5, 5.41) is 3.03. The van der Waals surface area contributed by atoms with Gasteiger partial charge in [-0.15, -0.1) is 0 Å². The minimum Gasteiger partial charge on any atom is -0.493 e. The quantitative estimate of drug-likeness (QED) is 0.769. The summed E-state index contributed by atoms with van der Waals surface area (Å²) in [4.78, 5) is 23.4. The summed E-state index contributed by atoms with van der Waals surface area (Å²) < 4.78 is 10.8. The van der Waals surface area contributed by atoms with E-state index in [-0.39, 0.29) is 24.3 Å². The van der Waals surface area contributed by atoms with Crippen molar-refractivity contribution in [1.82, 2.24) is 5.32 Å². The minimum atomic E-state index is -0.546. The molecule has 28 heavy (non-hydrogen) atoms. The first-order valence-corrected chi connectivity index (χ1v) is 9.38. The second-order valence-electron chi connectivity index (χ2n) is 7.23. The lowest BCUT2D eigenvalue weighted by molar-refractivity contribution is -0.127. The number of amides is 2. The molecule has 1 fully saturated rings. The first-order valence-electron chi connectivity index (χ1n) is 9.38. The number of nitrogens with two attached hydrogens (primary N) is 1. The molecule has 0 aliphatic carbocycles. The lowest BCUT2D eigenvalue weighted by Crippen LogP contribution is -2.41. The van der Waals surface area contributed by atoms with Crippen LogP contribution in [0.3, 0.4) is 0 Å². The second kappa shape index (κ2) is 8.78. The maximum absolute atomic E-state index is 12.4. The Morgan fingerprint density at radius 1 is 1.21 bits per heavy atom. The molecule has 6 heteroatoms. The van der Waals surface area contributed by atoms with Gasteiger partial charge in [-0.25, -0.2) is 0 Å². The lowest BCUT2D eigenvalue weighted by atomic mass is 9.82. The van der Waals surface area contributed by atoms with Crippen molar-refractivity contribution in [2.75, 3.05) is 20.3 Å². The smallest absolute Gasteiger partial charge is 0.255 e. The molecule has 2 atom stereocenters. The Hall–Kier alpha value is -3.02. The van der Waals surface area contributed by atoms with E-state index in [2.05, 4.69) is 30.4 Å². The molecule has 0 radical (unpaired) electrons. The number of hydrogen-bond donors (Lipinski definition) is 2. The Balaban J connectivity index is 1.76. The molecule has 0 spiro atoms. The zero-order chi connectivity index (χ0) is 20.1. The number of methoxy groups -OCH3 is 1. The fourth-order valence-electron chi connectivity index (χ4n) is 3.66. The summed E-state index contributed by atoms with van der Waals surface area (Å²) in [6.45, 7) is 2.42. The number of hydrogen-bond acceptors (Lipinski definition) is 4. The number of aryl methyl sites for hydroxylation is 1. The number of benzene rings is 2. The van der Waals surface area contributed by atoms with E-state index in [9.17, 15) is 9.59 Å². The maximum atomic E-state index is 12.4. The van der Waals surface area contributed by atoms with Crippen LogP contribution < -0.4 is 20.5 Å². The Labute approximate surface area is 165 Å². The fraction of sp³-hybridized carbons (Fsp3) is 0.364. The van der Waals surface area contributed by atoms with Gasteiger partial charge in [0.2, 0.25) is 5.91 Å². The molecule has 0 bridgehead atoms. The molecule has 1 heterocycles. The molecular weight excluding hydrogens is 356 g/mol. The van der Waals surface area contributed by atoms with Gasteiger partial charge in [-0.2, -0.15) is 0 Å². The molecule has 2 aromatic carbocycles. The molecular formula is C22H26N2O4. The molecule has 148 valence electrons. The van der Waals surface area contributed by atoms with Gasteiger partial charge < -0.3 is 20.5 Å². The van der Waals surface area contributed by atoms with Crippen molar-refractivity contribution in [1.29, 1.82) is 0 Å². The topological polar surface area (TPSA) is 90.7 Å². The van der Waals surface area contributed by atoms with Gasteiger partial charge >= 0.3 is 0 Å². The monoisotopic (exact) mass is 382 g/mol. The molecule has 6 nitrogen and oxygen atoms in total. The molecule has 0 unspecified atom stereocenters. The number of primary amides is 1. The molecule has 1 saturated heterocycles. The van der Waals surface area contributed by atoms with Gasteiger partial charge in [0.15, 0.2) is 18.1 Å². The van der Waals surface area contributed by atoms with Gasteiger partial charge in [0.05, 0.1) is 7.11 Å². The SMILES string of the molecule is COc1ccc([C@H]2CNC(=O)[C@H](Cc3cccc(C)c3)C2)cc1OCC(N)=O. The fourth-order valence-corrected chi connectivity index (χ4v) is 3.66. The average Bonchev–Trinajstić information content (AvgIpc) is 2.68. The van der Waals surface area contributed by atoms with E-state index in [1.165, 1.54) is 11.1 Å². The third-order valence-corrected chi connectivity index (χ3v) is 5.06. The van der Waals surface area contributed by atoms with E-state index in [1.54, 1.807) is 7.11 Å². The number of ether oxygens (including phenoxy) is 2. The number of piperidine rings is 1. The lowest BCUT2D eigenvalue weighted by Gasteiger charge is -2.30. The van der Waals surface area contributed by atoms with Crippen molar-refractivity contribution >= 4 is 11.8 Å². The summed E-state index contributed by atoms with van der Waals surface area (Å²) in [6.07, 6.45) is 1.46. The van der Waals surface area contributed by atoms with Gasteiger partial charge in [0.1, 0.15) is 0 Å². The standard InChI is InChI=1S/C22H26N2O4/c1-14-4-3-5-15(8-14)9-17-10-18(12-24-22(17)26)16-6-7-19(27-2)20(11-16)28-13-21(23)25/h3-8,11,17-18H,9-10,12-13H2,1-2H3,(H2,23,25)(H,24,26)/t17-,18-/m1/s1. The van der Waals surface area contributed by atoms with Crippen LogP contribution in [0.2, 0.25) is 0 Å². The van der Waals surface area contributed by atoms with Crippen LogP contribution in [0.15, 0.2) is 42.5 Å². The van der Waals surface area contributed by atoms with Crippen molar-refractivity contribution in [2.24, 2.45) is 11.7 Å². The highest BCUT2D eigenvalue weighted by atomic mass is 16.5. The van der Waals surface area contributed by atoms with Gasteiger partial charge in [0, 0.05) is 18.4 Å². The maximum Gasteiger partial charge on any atom is 0.255 e. The molecule has 0 aromatic heterocycles. The number of rotatable bonds is 7. The summed E-state index contributed by atoms with van der Waals surface area (Å²) in [6, 6.07) is 13.9. The van der Waals surface area contributed by atoms with Crippen LogP contribution in [0, 0.1) is 12.8 Å². The van der Waals surface area contributed by atoms with E-state index >= 15 is 0 Å². The van der Waals surface area contributed by atoms with E-state index in [0.717, 1.165) is 12.0 Å². The molecule has 3 rings (SSSR count). The molecule has 0 saturated carbocycles. The second-order valence-corrected chi connectivity index (χ2v) is 7.23. The Kier molecular flexibility index (Phi) is 6.19. The highest BCUT2D eigenvalue weighted by molar-refractivity contribution is 5.80. The van der Waals surface area contributed by atoms with Gasteiger partial charge in [-0.1, -0.05) is 35.9 Å². The Bertz CT molecular complexity index is 865. The van der Waals surface area contributed by atoms with Gasteiger partial charge in [-0.3, -0.25) is 9.59 Å². The van der Waals surface area contributed by atoms with E-state index in [0.29, 0.717) is 24.5 Å². The average molecular weight is 382 g/mol. The van der Waals surface area contributed by atoms with Crippen LogP contribution in [0.4, 0.5) is 0 Å². The van der Waals surface area contributed by atoms with Crippen molar-refractivity contribution in [3.63, 3.8) is 0 Å². The van der Waals surface area contributed by atoms with Gasteiger partial charge in [-0.05, 0) is 43.0 Å². The summed E-state index contributed by atoms with van der Waals surface area (Å²) in [5.74, 6) is 0.645. The zero-order valence-corrected chi connectivity index (χ0v) is 16.2. The van der Waals surface area contributed by atoms with E-state index in [4.69, 9.17) is 15.2 Å². The highest BCUT2D eigenvalue weighted by Gasteiger charge is 2.30. The first kappa shape index (κ1) is 19.7.